The molecule has 1 unspecified atom stereocenters. The van der Waals surface area contributed by atoms with Crippen LogP contribution in [0.1, 0.15) is 33.1 Å². The van der Waals surface area contributed by atoms with E-state index >= 15 is 0 Å². The van der Waals surface area contributed by atoms with Gasteiger partial charge in [0.15, 0.2) is 0 Å². The van der Waals surface area contributed by atoms with E-state index in [-0.39, 0.29) is 23.9 Å². The maximum absolute atomic E-state index is 9.92. The average Bonchev–Trinajstić information content (AvgIpc) is 2.25. The molecule has 4 heteroatoms. The van der Waals surface area contributed by atoms with Crippen LogP contribution in [0, 0.1) is 11.3 Å². The molecule has 0 aromatic heterocycles. The SMILES string of the molecule is CC1(C)CN(CC2CCNCC2)CCC1O.Cl. The second-order valence-electron chi connectivity index (χ2n) is 6.22. The van der Waals surface area contributed by atoms with Crippen LogP contribution in [-0.2, 0) is 0 Å². The summed E-state index contributed by atoms with van der Waals surface area (Å²) in [6, 6.07) is 0. The van der Waals surface area contributed by atoms with Crippen LogP contribution in [0.4, 0.5) is 0 Å². The van der Waals surface area contributed by atoms with Gasteiger partial charge in [0.05, 0.1) is 6.10 Å². The number of likely N-dealkylation sites (tertiary alicyclic amines) is 1. The molecule has 2 fully saturated rings. The van der Waals surface area contributed by atoms with Crippen molar-refractivity contribution in [2.45, 2.75) is 39.2 Å². The lowest BCUT2D eigenvalue weighted by atomic mass is 9.80. The van der Waals surface area contributed by atoms with Gasteiger partial charge >= 0.3 is 0 Å². The zero-order chi connectivity index (χ0) is 11.6. The molecule has 3 nitrogen and oxygen atoms in total. The third-order valence-corrected chi connectivity index (χ3v) is 4.23. The van der Waals surface area contributed by atoms with Crippen LogP contribution >= 0.6 is 12.4 Å². The lowest BCUT2D eigenvalue weighted by molar-refractivity contribution is -0.0296. The first kappa shape index (κ1) is 15.2. The molecule has 2 N–H and O–H groups in total. The summed E-state index contributed by atoms with van der Waals surface area (Å²) in [5.41, 5.74) is 0.0746. The monoisotopic (exact) mass is 262 g/mol. The van der Waals surface area contributed by atoms with Crippen molar-refractivity contribution < 1.29 is 5.11 Å². The van der Waals surface area contributed by atoms with E-state index in [1.54, 1.807) is 0 Å². The van der Waals surface area contributed by atoms with E-state index in [1.165, 1.54) is 32.5 Å². The summed E-state index contributed by atoms with van der Waals surface area (Å²) in [6.07, 6.45) is 3.47. The van der Waals surface area contributed by atoms with E-state index in [0.717, 1.165) is 25.4 Å². The van der Waals surface area contributed by atoms with Gasteiger partial charge < -0.3 is 15.3 Å². The highest BCUT2D eigenvalue weighted by atomic mass is 35.5. The Kier molecular flexibility index (Phi) is 5.71. The van der Waals surface area contributed by atoms with Crippen LogP contribution < -0.4 is 5.32 Å². The summed E-state index contributed by atoms with van der Waals surface area (Å²) < 4.78 is 0. The number of aliphatic hydroxyl groups excluding tert-OH is 1. The van der Waals surface area contributed by atoms with Crippen LogP contribution in [0.5, 0.6) is 0 Å². The maximum atomic E-state index is 9.92. The Balaban J connectivity index is 0.00000144. The third kappa shape index (κ3) is 4.09. The number of aliphatic hydroxyl groups is 1. The highest BCUT2D eigenvalue weighted by molar-refractivity contribution is 5.85. The van der Waals surface area contributed by atoms with Crippen LogP contribution in [0.25, 0.3) is 0 Å². The van der Waals surface area contributed by atoms with Gasteiger partial charge in [0.2, 0.25) is 0 Å². The summed E-state index contributed by atoms with van der Waals surface area (Å²) in [5, 5.41) is 13.3. The predicted molar refractivity (Wildman–Crippen MR) is 73.7 cm³/mol. The first-order valence-electron chi connectivity index (χ1n) is 6.69. The highest BCUT2D eigenvalue weighted by Crippen LogP contribution is 2.30. The van der Waals surface area contributed by atoms with Gasteiger partial charge in [0.25, 0.3) is 0 Å². The van der Waals surface area contributed by atoms with E-state index in [9.17, 15) is 5.11 Å². The molecule has 0 amide bonds. The molecule has 0 aromatic carbocycles. The van der Waals surface area contributed by atoms with Gasteiger partial charge in [-0.15, -0.1) is 12.4 Å². The molecule has 0 radical (unpaired) electrons. The molecule has 2 aliphatic rings. The lowest BCUT2D eigenvalue weighted by Crippen LogP contribution is -2.50. The van der Waals surface area contributed by atoms with Crippen LogP contribution in [0.15, 0.2) is 0 Å². The molecule has 0 spiro atoms. The van der Waals surface area contributed by atoms with Gasteiger partial charge in [-0.05, 0) is 38.3 Å². The minimum absolute atomic E-state index is 0. The van der Waals surface area contributed by atoms with E-state index in [0.29, 0.717) is 0 Å². The van der Waals surface area contributed by atoms with Crippen molar-refractivity contribution in [3.63, 3.8) is 0 Å². The number of nitrogens with one attached hydrogen (secondary N) is 1. The van der Waals surface area contributed by atoms with Crippen molar-refractivity contribution in [1.82, 2.24) is 10.2 Å². The summed E-state index contributed by atoms with van der Waals surface area (Å²) in [4.78, 5) is 2.56. The Morgan fingerprint density at radius 1 is 1.24 bits per heavy atom. The van der Waals surface area contributed by atoms with Crippen LogP contribution in [-0.4, -0.2) is 48.8 Å². The zero-order valence-electron chi connectivity index (χ0n) is 11.1. The van der Waals surface area contributed by atoms with Crippen LogP contribution in [0.2, 0.25) is 0 Å². The smallest absolute Gasteiger partial charge is 0.0615 e. The van der Waals surface area contributed by atoms with Gasteiger partial charge in [0.1, 0.15) is 0 Å². The summed E-state index contributed by atoms with van der Waals surface area (Å²) in [7, 11) is 0. The molecule has 2 aliphatic heterocycles. The van der Waals surface area contributed by atoms with E-state index in [1.807, 2.05) is 0 Å². The van der Waals surface area contributed by atoms with E-state index in [2.05, 4.69) is 24.1 Å². The Labute approximate surface area is 111 Å². The molecule has 1 atom stereocenters. The number of hydrogen-bond donors (Lipinski definition) is 2. The van der Waals surface area contributed by atoms with E-state index < -0.39 is 0 Å². The fraction of sp³-hybridized carbons (Fsp3) is 1.00. The van der Waals surface area contributed by atoms with Gasteiger partial charge in [-0.25, -0.2) is 0 Å². The van der Waals surface area contributed by atoms with Gasteiger partial charge in [-0.3, -0.25) is 0 Å². The molecule has 0 aliphatic carbocycles. The average molecular weight is 263 g/mol. The Hall–Kier alpha value is 0.170. The standard InChI is InChI=1S/C13H26N2O.ClH/c1-13(2)10-15(8-5-12(13)16)9-11-3-6-14-7-4-11;/h11-12,14,16H,3-10H2,1-2H3;1H. The number of hydrogen-bond acceptors (Lipinski definition) is 3. The predicted octanol–water partition coefficient (Wildman–Crippen LogP) is 1.50. The van der Waals surface area contributed by atoms with Crippen LogP contribution in [0.3, 0.4) is 0 Å². The zero-order valence-corrected chi connectivity index (χ0v) is 11.9. The van der Waals surface area contributed by atoms with Crippen molar-refractivity contribution in [1.29, 1.82) is 0 Å². The quantitative estimate of drug-likeness (QED) is 0.792. The number of piperidine rings is 2. The molecule has 0 bridgehead atoms. The van der Waals surface area contributed by atoms with Crippen molar-refractivity contribution in [2.24, 2.45) is 11.3 Å². The summed E-state index contributed by atoms with van der Waals surface area (Å²) in [5.74, 6) is 0.868. The molecule has 0 aromatic rings. The van der Waals surface area contributed by atoms with Crippen molar-refractivity contribution in [2.75, 3.05) is 32.7 Å². The molecular weight excluding hydrogens is 236 g/mol. The lowest BCUT2D eigenvalue weighted by Gasteiger charge is -2.43. The van der Waals surface area contributed by atoms with Crippen molar-refractivity contribution in [3.05, 3.63) is 0 Å². The fourth-order valence-corrected chi connectivity index (χ4v) is 3.04. The number of halogens is 1. The number of nitrogens with zero attached hydrogens (tertiary/aromatic N) is 1. The summed E-state index contributed by atoms with van der Waals surface area (Å²) >= 11 is 0. The molecule has 17 heavy (non-hydrogen) atoms. The Bertz CT molecular complexity index is 229. The van der Waals surface area contributed by atoms with Gasteiger partial charge in [0, 0.05) is 25.0 Å². The summed E-state index contributed by atoms with van der Waals surface area (Å²) in [6.45, 7) is 10.1. The fourth-order valence-electron chi connectivity index (χ4n) is 3.04. The topological polar surface area (TPSA) is 35.5 Å². The molecule has 2 saturated heterocycles. The largest absolute Gasteiger partial charge is 0.392 e. The molecule has 2 rings (SSSR count). The first-order chi connectivity index (χ1) is 7.58. The van der Waals surface area contributed by atoms with Gasteiger partial charge in [-0.1, -0.05) is 13.8 Å². The second kappa shape index (κ2) is 6.37. The minimum atomic E-state index is -0.114. The van der Waals surface area contributed by atoms with Crippen molar-refractivity contribution in [3.8, 4) is 0 Å². The maximum Gasteiger partial charge on any atom is 0.0615 e. The Morgan fingerprint density at radius 2 is 1.88 bits per heavy atom. The Morgan fingerprint density at radius 3 is 2.47 bits per heavy atom. The van der Waals surface area contributed by atoms with Gasteiger partial charge in [-0.2, -0.15) is 0 Å². The molecule has 2 heterocycles. The molecular formula is C13H27ClN2O. The van der Waals surface area contributed by atoms with E-state index in [4.69, 9.17) is 0 Å². The normalized spacial score (nSPS) is 30.9. The molecule has 0 saturated carbocycles. The molecule has 102 valence electrons. The second-order valence-corrected chi connectivity index (χ2v) is 6.22. The number of rotatable bonds is 2. The highest BCUT2D eigenvalue weighted by Gasteiger charge is 2.35. The third-order valence-electron chi connectivity index (χ3n) is 4.23. The van der Waals surface area contributed by atoms with Crippen molar-refractivity contribution >= 4 is 12.4 Å². The first-order valence-corrected chi connectivity index (χ1v) is 6.69. The minimum Gasteiger partial charge on any atom is -0.392 e.